The minimum atomic E-state index is -4.51. The minimum absolute atomic E-state index is 0.411. The van der Waals surface area contributed by atoms with Crippen molar-refractivity contribution in [3.05, 3.63) is 0 Å². The van der Waals surface area contributed by atoms with Crippen LogP contribution in [0.3, 0.4) is 0 Å². The zero-order valence-electron chi connectivity index (χ0n) is 8.81. The van der Waals surface area contributed by atoms with Crippen molar-refractivity contribution in [2.45, 2.75) is 31.5 Å². The van der Waals surface area contributed by atoms with Crippen LogP contribution in [0.1, 0.15) is 19.3 Å². The molecule has 1 unspecified atom stereocenters. The van der Waals surface area contributed by atoms with E-state index in [1.54, 1.807) is 11.8 Å². The summed E-state index contributed by atoms with van der Waals surface area (Å²) in [6, 6.07) is 0. The summed E-state index contributed by atoms with van der Waals surface area (Å²) in [7, 11) is 0. The van der Waals surface area contributed by atoms with Crippen molar-refractivity contribution in [1.29, 1.82) is 0 Å². The Labute approximate surface area is 92.6 Å². The second-order valence-corrected chi connectivity index (χ2v) is 4.30. The molecule has 0 radical (unpaired) electrons. The molecule has 0 amide bonds. The number of thioether (sulfide) groups is 1. The van der Waals surface area contributed by atoms with E-state index in [1.165, 1.54) is 0 Å². The van der Waals surface area contributed by atoms with Gasteiger partial charge in [-0.05, 0) is 31.4 Å². The van der Waals surface area contributed by atoms with Crippen LogP contribution in [0.2, 0.25) is 0 Å². The van der Waals surface area contributed by atoms with Gasteiger partial charge in [-0.2, -0.15) is 24.9 Å². The van der Waals surface area contributed by atoms with Crippen LogP contribution < -0.4 is 5.32 Å². The van der Waals surface area contributed by atoms with Crippen LogP contribution in [-0.4, -0.2) is 42.5 Å². The second kappa shape index (κ2) is 8.24. The Morgan fingerprint density at radius 2 is 1.93 bits per heavy atom. The Hall–Kier alpha value is 0.0600. The van der Waals surface area contributed by atoms with Gasteiger partial charge in [0, 0.05) is 6.54 Å². The van der Waals surface area contributed by atoms with Crippen molar-refractivity contribution in [3.63, 3.8) is 0 Å². The summed E-state index contributed by atoms with van der Waals surface area (Å²) >= 11 is 1.76. The van der Waals surface area contributed by atoms with Gasteiger partial charge in [0.25, 0.3) is 0 Å². The van der Waals surface area contributed by atoms with E-state index >= 15 is 0 Å². The minimum Gasteiger partial charge on any atom is -0.382 e. The van der Waals surface area contributed by atoms with Crippen LogP contribution in [0.25, 0.3) is 0 Å². The van der Waals surface area contributed by atoms with Crippen molar-refractivity contribution in [2.24, 2.45) is 0 Å². The molecule has 0 fully saturated rings. The third-order valence-electron chi connectivity index (χ3n) is 1.92. The Bertz CT molecular complexity index is 155. The van der Waals surface area contributed by atoms with E-state index < -0.39 is 18.8 Å². The summed E-state index contributed by atoms with van der Waals surface area (Å²) in [5.41, 5.74) is 0. The molecule has 0 heterocycles. The quantitative estimate of drug-likeness (QED) is 0.642. The summed E-state index contributed by atoms with van der Waals surface area (Å²) in [4.78, 5) is 0. The number of rotatable bonds is 8. The number of alkyl halides is 3. The van der Waals surface area contributed by atoms with Gasteiger partial charge in [-0.25, -0.2) is 0 Å². The zero-order chi connectivity index (χ0) is 11.7. The SMILES string of the molecule is CSCCCCCNCC(O)C(F)(F)F. The fourth-order valence-corrected chi connectivity index (χ4v) is 1.52. The maximum atomic E-state index is 11.8. The van der Waals surface area contributed by atoms with Crippen LogP contribution in [0.4, 0.5) is 13.2 Å². The zero-order valence-corrected chi connectivity index (χ0v) is 9.63. The normalized spacial score (nSPS) is 14.2. The monoisotopic (exact) mass is 245 g/mol. The van der Waals surface area contributed by atoms with Gasteiger partial charge < -0.3 is 10.4 Å². The molecular weight excluding hydrogens is 227 g/mol. The van der Waals surface area contributed by atoms with Crippen LogP contribution in [0.5, 0.6) is 0 Å². The molecule has 6 heteroatoms. The molecule has 0 aromatic heterocycles. The molecule has 15 heavy (non-hydrogen) atoms. The Kier molecular flexibility index (Phi) is 8.27. The van der Waals surface area contributed by atoms with E-state index in [4.69, 9.17) is 5.11 Å². The lowest BCUT2D eigenvalue weighted by Gasteiger charge is -2.14. The van der Waals surface area contributed by atoms with Crippen molar-refractivity contribution in [1.82, 2.24) is 5.32 Å². The highest BCUT2D eigenvalue weighted by atomic mass is 32.2. The Morgan fingerprint density at radius 3 is 2.47 bits per heavy atom. The first-order valence-electron chi connectivity index (χ1n) is 4.93. The van der Waals surface area contributed by atoms with Gasteiger partial charge in [-0.1, -0.05) is 6.42 Å². The summed E-state index contributed by atoms with van der Waals surface area (Å²) < 4.78 is 35.5. The number of unbranched alkanes of at least 4 members (excludes halogenated alkanes) is 2. The van der Waals surface area contributed by atoms with E-state index in [1.807, 2.05) is 6.26 Å². The third-order valence-corrected chi connectivity index (χ3v) is 2.61. The Morgan fingerprint density at radius 1 is 1.27 bits per heavy atom. The first-order valence-corrected chi connectivity index (χ1v) is 6.32. The number of halogens is 3. The van der Waals surface area contributed by atoms with Gasteiger partial charge in [0.15, 0.2) is 6.10 Å². The maximum absolute atomic E-state index is 11.8. The van der Waals surface area contributed by atoms with Crippen molar-refractivity contribution in [2.75, 3.05) is 25.1 Å². The molecule has 0 saturated carbocycles. The lowest BCUT2D eigenvalue weighted by atomic mass is 10.2. The first-order chi connectivity index (χ1) is 6.98. The fourth-order valence-electron chi connectivity index (χ4n) is 1.03. The molecule has 0 aliphatic heterocycles. The maximum Gasteiger partial charge on any atom is 0.415 e. The Balaban J connectivity index is 3.24. The molecule has 2 N–H and O–H groups in total. The molecule has 0 bridgehead atoms. The average Bonchev–Trinajstić information content (AvgIpc) is 2.14. The fraction of sp³-hybridized carbons (Fsp3) is 1.00. The lowest BCUT2D eigenvalue weighted by Crippen LogP contribution is -2.38. The van der Waals surface area contributed by atoms with E-state index in [0.717, 1.165) is 25.0 Å². The molecule has 1 atom stereocenters. The number of aliphatic hydroxyl groups excluding tert-OH is 1. The first kappa shape index (κ1) is 15.1. The van der Waals surface area contributed by atoms with Crippen LogP contribution in [-0.2, 0) is 0 Å². The van der Waals surface area contributed by atoms with E-state index in [-0.39, 0.29) is 0 Å². The van der Waals surface area contributed by atoms with Gasteiger partial charge >= 0.3 is 6.18 Å². The highest BCUT2D eigenvalue weighted by Gasteiger charge is 2.37. The molecule has 0 aromatic carbocycles. The highest BCUT2D eigenvalue weighted by molar-refractivity contribution is 7.98. The topological polar surface area (TPSA) is 32.3 Å². The molecule has 0 rings (SSSR count). The van der Waals surface area contributed by atoms with E-state index in [9.17, 15) is 13.2 Å². The number of hydrogen-bond acceptors (Lipinski definition) is 3. The predicted molar refractivity (Wildman–Crippen MR) is 57.2 cm³/mol. The highest BCUT2D eigenvalue weighted by Crippen LogP contribution is 2.19. The van der Waals surface area contributed by atoms with Crippen LogP contribution >= 0.6 is 11.8 Å². The molecule has 0 spiro atoms. The van der Waals surface area contributed by atoms with Gasteiger partial charge in [-0.3, -0.25) is 0 Å². The number of hydrogen-bond donors (Lipinski definition) is 2. The second-order valence-electron chi connectivity index (χ2n) is 3.31. The summed E-state index contributed by atoms with van der Waals surface area (Å²) in [5.74, 6) is 1.09. The molecule has 0 aliphatic carbocycles. The molecular formula is C9H18F3NOS. The van der Waals surface area contributed by atoms with Gasteiger partial charge in [-0.15, -0.1) is 0 Å². The van der Waals surface area contributed by atoms with Gasteiger partial charge in [0.1, 0.15) is 0 Å². The predicted octanol–water partition coefficient (Wildman–Crippen LogP) is 2.03. The smallest absolute Gasteiger partial charge is 0.382 e. The number of nitrogens with one attached hydrogen (secondary N) is 1. The molecule has 92 valence electrons. The van der Waals surface area contributed by atoms with E-state index in [0.29, 0.717) is 6.54 Å². The lowest BCUT2D eigenvalue weighted by molar-refractivity contribution is -0.201. The molecule has 0 aliphatic rings. The van der Waals surface area contributed by atoms with Crippen molar-refractivity contribution in [3.8, 4) is 0 Å². The third kappa shape index (κ3) is 9.02. The largest absolute Gasteiger partial charge is 0.415 e. The molecule has 0 saturated heterocycles. The molecule has 0 aromatic rings. The standard InChI is InChI=1S/C9H18F3NOS/c1-15-6-4-2-3-5-13-7-8(14)9(10,11)12/h8,13-14H,2-7H2,1H3. The average molecular weight is 245 g/mol. The summed E-state index contributed by atoms with van der Waals surface area (Å²) in [5, 5.41) is 11.2. The van der Waals surface area contributed by atoms with Crippen molar-refractivity contribution < 1.29 is 18.3 Å². The van der Waals surface area contributed by atoms with Gasteiger partial charge in [0.2, 0.25) is 0 Å². The number of aliphatic hydroxyl groups is 1. The van der Waals surface area contributed by atoms with Crippen molar-refractivity contribution >= 4 is 11.8 Å². The summed E-state index contributed by atoms with van der Waals surface area (Å²) in [6.07, 6.45) is -1.78. The summed E-state index contributed by atoms with van der Waals surface area (Å²) in [6.45, 7) is 0.119. The van der Waals surface area contributed by atoms with Gasteiger partial charge in [0.05, 0.1) is 0 Å². The molecule has 2 nitrogen and oxygen atoms in total. The van der Waals surface area contributed by atoms with Crippen LogP contribution in [0.15, 0.2) is 0 Å². The van der Waals surface area contributed by atoms with Crippen LogP contribution in [0, 0.1) is 0 Å². The van der Waals surface area contributed by atoms with E-state index in [2.05, 4.69) is 5.32 Å².